The lowest BCUT2D eigenvalue weighted by atomic mass is 10.0. The molecule has 0 saturated carbocycles. The molecule has 2 heterocycles. The second-order valence-corrected chi connectivity index (χ2v) is 5.52. The topological polar surface area (TPSA) is 69.0 Å². The van der Waals surface area contributed by atoms with Gasteiger partial charge in [-0.25, -0.2) is 5.43 Å². The normalized spacial score (nSPS) is 13.2. The number of nitrogens with two attached hydrogens (primary N) is 1. The average Bonchev–Trinajstić information content (AvgIpc) is 2.98. The Labute approximate surface area is 121 Å². The van der Waals surface area contributed by atoms with Crippen molar-refractivity contribution in [3.05, 3.63) is 40.0 Å². The Morgan fingerprint density at radius 1 is 1.53 bits per heavy atom. The molecule has 19 heavy (non-hydrogen) atoms. The first kappa shape index (κ1) is 14.3. The summed E-state index contributed by atoms with van der Waals surface area (Å²) in [6.07, 6.45) is 4.32. The zero-order chi connectivity index (χ0) is 14.0. The average molecular weight is 327 g/mol. The molecule has 0 bridgehead atoms. The Balaban J connectivity index is 2.51. The van der Waals surface area contributed by atoms with Crippen LogP contribution in [0.4, 0.5) is 0 Å². The lowest BCUT2D eigenvalue weighted by Gasteiger charge is -2.20. The molecule has 104 valence electrons. The van der Waals surface area contributed by atoms with E-state index in [-0.39, 0.29) is 12.1 Å². The van der Waals surface area contributed by atoms with Gasteiger partial charge in [0.15, 0.2) is 0 Å². The molecule has 0 aromatic carbocycles. The van der Waals surface area contributed by atoms with E-state index in [1.165, 1.54) is 0 Å². The van der Waals surface area contributed by atoms with Gasteiger partial charge in [0.2, 0.25) is 0 Å². The van der Waals surface area contributed by atoms with Gasteiger partial charge in [0, 0.05) is 18.0 Å². The van der Waals surface area contributed by atoms with E-state index in [1.54, 1.807) is 12.5 Å². The van der Waals surface area contributed by atoms with Crippen LogP contribution in [0.1, 0.15) is 49.9 Å². The van der Waals surface area contributed by atoms with Crippen LogP contribution in [-0.4, -0.2) is 9.78 Å². The lowest BCUT2D eigenvalue weighted by molar-refractivity contribution is 0.464. The van der Waals surface area contributed by atoms with Crippen LogP contribution in [-0.2, 0) is 6.42 Å². The molecular formula is C13H19BrN4O. The van der Waals surface area contributed by atoms with Crippen molar-refractivity contribution in [2.45, 2.75) is 39.3 Å². The van der Waals surface area contributed by atoms with Crippen molar-refractivity contribution in [1.82, 2.24) is 15.2 Å². The molecule has 0 radical (unpaired) electrons. The van der Waals surface area contributed by atoms with E-state index >= 15 is 0 Å². The number of furan rings is 1. The number of hydrogen-bond donors (Lipinski definition) is 2. The third-order valence-electron chi connectivity index (χ3n) is 3.13. The van der Waals surface area contributed by atoms with Crippen molar-refractivity contribution in [3.8, 4) is 0 Å². The van der Waals surface area contributed by atoms with Gasteiger partial charge >= 0.3 is 0 Å². The van der Waals surface area contributed by atoms with Gasteiger partial charge in [-0.15, -0.1) is 0 Å². The fourth-order valence-electron chi connectivity index (χ4n) is 2.24. The summed E-state index contributed by atoms with van der Waals surface area (Å²) in [5, 5.41) is 4.39. The molecule has 0 saturated heterocycles. The SMILES string of the molecule is CCc1occc1C(NN)c1c(Br)cnn1C(C)C. The minimum atomic E-state index is -0.145. The first-order chi connectivity index (χ1) is 9.10. The summed E-state index contributed by atoms with van der Waals surface area (Å²) in [7, 11) is 0. The molecule has 0 aliphatic rings. The molecule has 6 heteroatoms. The zero-order valence-corrected chi connectivity index (χ0v) is 12.9. The summed E-state index contributed by atoms with van der Waals surface area (Å²) >= 11 is 3.55. The maximum atomic E-state index is 5.76. The highest BCUT2D eigenvalue weighted by atomic mass is 79.9. The van der Waals surface area contributed by atoms with E-state index in [4.69, 9.17) is 10.3 Å². The number of nitrogens with one attached hydrogen (secondary N) is 1. The van der Waals surface area contributed by atoms with Crippen LogP contribution in [0.3, 0.4) is 0 Å². The summed E-state index contributed by atoms with van der Waals surface area (Å²) in [5.41, 5.74) is 4.92. The Morgan fingerprint density at radius 3 is 2.84 bits per heavy atom. The summed E-state index contributed by atoms with van der Waals surface area (Å²) in [6.45, 7) is 6.24. The van der Waals surface area contributed by atoms with Gasteiger partial charge in [-0.05, 0) is 35.8 Å². The molecule has 5 nitrogen and oxygen atoms in total. The van der Waals surface area contributed by atoms with Crippen LogP contribution in [0.25, 0.3) is 0 Å². The number of hydrazine groups is 1. The number of nitrogens with zero attached hydrogens (tertiary/aromatic N) is 2. The molecule has 0 amide bonds. The van der Waals surface area contributed by atoms with E-state index in [2.05, 4.69) is 47.2 Å². The molecule has 3 N–H and O–H groups in total. The smallest absolute Gasteiger partial charge is 0.108 e. The zero-order valence-electron chi connectivity index (χ0n) is 11.4. The largest absolute Gasteiger partial charge is 0.469 e. The molecule has 2 aromatic rings. The lowest BCUT2D eigenvalue weighted by Crippen LogP contribution is -2.31. The quantitative estimate of drug-likeness (QED) is 0.654. The van der Waals surface area contributed by atoms with E-state index in [0.29, 0.717) is 0 Å². The maximum absolute atomic E-state index is 5.76. The van der Waals surface area contributed by atoms with Gasteiger partial charge in [-0.3, -0.25) is 10.5 Å². The fourth-order valence-corrected chi connectivity index (χ4v) is 2.75. The molecule has 0 aliphatic carbocycles. The van der Waals surface area contributed by atoms with Gasteiger partial charge in [-0.1, -0.05) is 6.92 Å². The van der Waals surface area contributed by atoms with E-state index < -0.39 is 0 Å². The third-order valence-corrected chi connectivity index (χ3v) is 3.74. The molecule has 2 aromatic heterocycles. The van der Waals surface area contributed by atoms with Crippen LogP contribution in [0.15, 0.2) is 27.4 Å². The van der Waals surface area contributed by atoms with E-state index in [0.717, 1.165) is 27.9 Å². The Morgan fingerprint density at radius 2 is 2.26 bits per heavy atom. The molecule has 0 aliphatic heterocycles. The first-order valence-electron chi connectivity index (χ1n) is 6.35. The van der Waals surface area contributed by atoms with Crippen LogP contribution in [0, 0.1) is 0 Å². The number of hydrogen-bond acceptors (Lipinski definition) is 4. The second kappa shape index (κ2) is 5.90. The van der Waals surface area contributed by atoms with Gasteiger partial charge in [0.25, 0.3) is 0 Å². The van der Waals surface area contributed by atoms with Gasteiger partial charge < -0.3 is 4.42 Å². The standard InChI is InChI=1S/C13H19BrN4O/c1-4-11-9(5-6-19-11)12(17-15)13-10(14)7-16-18(13)8(2)3/h5-8,12,17H,4,15H2,1-3H3. The summed E-state index contributed by atoms with van der Waals surface area (Å²) in [6, 6.07) is 2.06. The van der Waals surface area contributed by atoms with Crippen LogP contribution in [0.5, 0.6) is 0 Å². The molecule has 0 fully saturated rings. The van der Waals surface area contributed by atoms with Crippen molar-refractivity contribution >= 4 is 15.9 Å². The van der Waals surface area contributed by atoms with E-state index in [9.17, 15) is 0 Å². The molecule has 1 atom stereocenters. The summed E-state index contributed by atoms with van der Waals surface area (Å²) in [4.78, 5) is 0. The third kappa shape index (κ3) is 2.61. The number of aryl methyl sites for hydroxylation is 1. The monoisotopic (exact) mass is 326 g/mol. The van der Waals surface area contributed by atoms with Crippen molar-refractivity contribution in [2.24, 2.45) is 5.84 Å². The molecular weight excluding hydrogens is 308 g/mol. The summed E-state index contributed by atoms with van der Waals surface area (Å²) < 4.78 is 8.39. The van der Waals surface area contributed by atoms with Crippen LogP contribution < -0.4 is 11.3 Å². The highest BCUT2D eigenvalue weighted by Gasteiger charge is 2.25. The minimum absolute atomic E-state index is 0.145. The minimum Gasteiger partial charge on any atom is -0.469 e. The van der Waals surface area contributed by atoms with Crippen molar-refractivity contribution in [3.63, 3.8) is 0 Å². The Kier molecular flexibility index (Phi) is 4.44. The van der Waals surface area contributed by atoms with Crippen molar-refractivity contribution < 1.29 is 4.42 Å². The van der Waals surface area contributed by atoms with Crippen LogP contribution in [0.2, 0.25) is 0 Å². The predicted octanol–water partition coefficient (Wildman–Crippen LogP) is 2.93. The molecule has 1 unspecified atom stereocenters. The molecule has 2 rings (SSSR count). The molecule has 0 spiro atoms. The predicted molar refractivity (Wildman–Crippen MR) is 77.6 cm³/mol. The number of aromatic nitrogens is 2. The maximum Gasteiger partial charge on any atom is 0.108 e. The Hall–Kier alpha value is -1.11. The first-order valence-corrected chi connectivity index (χ1v) is 7.14. The second-order valence-electron chi connectivity index (χ2n) is 4.67. The van der Waals surface area contributed by atoms with Gasteiger partial charge in [0.1, 0.15) is 5.76 Å². The van der Waals surface area contributed by atoms with Gasteiger partial charge in [-0.2, -0.15) is 5.10 Å². The van der Waals surface area contributed by atoms with E-state index in [1.807, 2.05) is 10.7 Å². The highest BCUT2D eigenvalue weighted by molar-refractivity contribution is 9.10. The number of rotatable bonds is 5. The van der Waals surface area contributed by atoms with Crippen molar-refractivity contribution in [2.75, 3.05) is 0 Å². The number of halogens is 1. The van der Waals surface area contributed by atoms with Crippen molar-refractivity contribution in [1.29, 1.82) is 0 Å². The Bertz CT molecular complexity index is 547. The van der Waals surface area contributed by atoms with Gasteiger partial charge in [0.05, 0.1) is 28.7 Å². The van der Waals surface area contributed by atoms with Crippen LogP contribution >= 0.6 is 15.9 Å². The highest BCUT2D eigenvalue weighted by Crippen LogP contribution is 2.32. The summed E-state index contributed by atoms with van der Waals surface area (Å²) in [5.74, 6) is 6.70. The fraction of sp³-hybridized carbons (Fsp3) is 0.462.